The maximum absolute atomic E-state index is 10.7. The molecule has 2 fully saturated rings. The van der Waals surface area contributed by atoms with Gasteiger partial charge in [-0.05, 0) is 87.2 Å². The monoisotopic (exact) mass is 476 g/mol. The molecule has 5 heteroatoms. The van der Waals surface area contributed by atoms with E-state index in [4.69, 9.17) is 4.99 Å². The van der Waals surface area contributed by atoms with Gasteiger partial charge in [0.25, 0.3) is 0 Å². The predicted octanol–water partition coefficient (Wildman–Crippen LogP) is 6.04. The Morgan fingerprint density at radius 2 is 1.71 bits per heavy atom. The van der Waals surface area contributed by atoms with Crippen LogP contribution in [0.4, 0.5) is 5.69 Å². The van der Waals surface area contributed by atoms with Gasteiger partial charge in [-0.3, -0.25) is 0 Å². The first kappa shape index (κ1) is 25.6. The summed E-state index contributed by atoms with van der Waals surface area (Å²) in [6.07, 6.45) is 7.04. The molecule has 2 aromatic rings. The van der Waals surface area contributed by atoms with Crippen molar-refractivity contribution in [2.45, 2.75) is 83.7 Å². The van der Waals surface area contributed by atoms with Crippen molar-refractivity contribution in [2.24, 2.45) is 4.99 Å². The van der Waals surface area contributed by atoms with Crippen molar-refractivity contribution >= 4 is 11.6 Å². The minimum atomic E-state index is 0.0124. The topological polar surface area (TPSA) is 51.1 Å². The molecule has 2 aliphatic rings. The smallest absolute Gasteiger partial charge is 0.198 e. The highest BCUT2D eigenvalue weighted by molar-refractivity contribution is 5.95. The summed E-state index contributed by atoms with van der Waals surface area (Å²) in [7, 11) is 0. The van der Waals surface area contributed by atoms with Crippen LogP contribution in [0.5, 0.6) is 5.75 Å². The Morgan fingerprint density at radius 1 is 1.03 bits per heavy atom. The molecular formula is C30H44N4O. The van der Waals surface area contributed by atoms with E-state index in [0.29, 0.717) is 6.04 Å². The summed E-state index contributed by atoms with van der Waals surface area (Å²) >= 11 is 0. The van der Waals surface area contributed by atoms with Crippen LogP contribution < -0.4 is 5.32 Å². The van der Waals surface area contributed by atoms with Crippen molar-refractivity contribution < 1.29 is 5.11 Å². The molecule has 0 bridgehead atoms. The molecule has 0 amide bonds. The molecular weight excluding hydrogens is 432 g/mol. The number of rotatable bonds is 6. The van der Waals surface area contributed by atoms with E-state index in [-0.39, 0.29) is 17.2 Å². The minimum absolute atomic E-state index is 0.0124. The molecule has 0 spiro atoms. The van der Waals surface area contributed by atoms with E-state index < -0.39 is 0 Å². The van der Waals surface area contributed by atoms with Gasteiger partial charge >= 0.3 is 0 Å². The second kappa shape index (κ2) is 11.5. The van der Waals surface area contributed by atoms with Crippen LogP contribution >= 0.6 is 0 Å². The van der Waals surface area contributed by atoms with Crippen molar-refractivity contribution in [3.8, 4) is 5.75 Å². The van der Waals surface area contributed by atoms with Gasteiger partial charge in [0.05, 0.1) is 11.7 Å². The fourth-order valence-electron chi connectivity index (χ4n) is 5.26. The number of hydrogen-bond acceptors (Lipinski definition) is 3. The normalized spacial score (nSPS) is 19.2. The van der Waals surface area contributed by atoms with Gasteiger partial charge in [0, 0.05) is 19.1 Å². The van der Waals surface area contributed by atoms with E-state index >= 15 is 0 Å². The molecule has 2 heterocycles. The number of likely N-dealkylation sites (tertiary alicyclic amines) is 2. The van der Waals surface area contributed by atoms with Crippen LogP contribution in [0.1, 0.15) is 70.9 Å². The number of piperidine rings is 1. The van der Waals surface area contributed by atoms with E-state index in [9.17, 15) is 5.11 Å². The molecule has 2 aliphatic heterocycles. The lowest BCUT2D eigenvalue weighted by molar-refractivity contribution is 0.163. The fourth-order valence-corrected chi connectivity index (χ4v) is 5.26. The van der Waals surface area contributed by atoms with Gasteiger partial charge < -0.3 is 20.2 Å². The highest BCUT2D eigenvalue weighted by atomic mass is 16.3. The Hall–Kier alpha value is -2.53. The first-order valence-electron chi connectivity index (χ1n) is 13.5. The number of hydrogen-bond donors (Lipinski definition) is 2. The summed E-state index contributed by atoms with van der Waals surface area (Å²) in [5.41, 5.74) is 3.31. The standard InChI is InChI=1S/C30H44N4O/c1-23(12-13-24-10-6-5-7-11-24)31-29(32-27-22-25(30(2,3)4)14-15-28(27)35)34-20-16-26(17-21-34)33-18-8-9-19-33/h5-7,10-11,14-15,22-23,26,35H,8-9,12-13,16-21H2,1-4H3,(H,31,32). The SMILES string of the molecule is CC(CCc1ccccc1)N=C(Nc1cc(C(C)(C)C)ccc1O)N1CCC(N2CCCC2)CC1. The van der Waals surface area contributed by atoms with Crippen LogP contribution in [0.3, 0.4) is 0 Å². The fraction of sp³-hybridized carbons (Fsp3) is 0.567. The Morgan fingerprint density at radius 3 is 2.37 bits per heavy atom. The lowest BCUT2D eigenvalue weighted by Crippen LogP contribution is -2.48. The Kier molecular flexibility index (Phi) is 8.38. The molecule has 1 unspecified atom stereocenters. The minimum Gasteiger partial charge on any atom is -0.506 e. The summed E-state index contributed by atoms with van der Waals surface area (Å²) in [5, 5.41) is 14.2. The van der Waals surface area contributed by atoms with Gasteiger partial charge in [-0.2, -0.15) is 0 Å². The van der Waals surface area contributed by atoms with Gasteiger partial charge in [-0.1, -0.05) is 57.2 Å². The van der Waals surface area contributed by atoms with Gasteiger partial charge in [0.15, 0.2) is 5.96 Å². The van der Waals surface area contributed by atoms with E-state index in [0.717, 1.165) is 37.6 Å². The average Bonchev–Trinajstić information content (AvgIpc) is 3.39. The summed E-state index contributed by atoms with van der Waals surface area (Å²) in [6, 6.07) is 17.4. The molecule has 2 saturated heterocycles. The number of nitrogens with zero attached hydrogens (tertiary/aromatic N) is 3. The average molecular weight is 477 g/mol. The number of nitrogens with one attached hydrogen (secondary N) is 1. The first-order valence-corrected chi connectivity index (χ1v) is 13.5. The molecule has 190 valence electrons. The van der Waals surface area contributed by atoms with E-state index in [1.165, 1.54) is 49.9 Å². The quantitative estimate of drug-likeness (QED) is 0.303. The molecule has 2 N–H and O–H groups in total. The lowest BCUT2D eigenvalue weighted by Gasteiger charge is -2.38. The van der Waals surface area contributed by atoms with Crippen molar-refractivity contribution in [3.05, 3.63) is 59.7 Å². The van der Waals surface area contributed by atoms with Crippen molar-refractivity contribution in [2.75, 3.05) is 31.5 Å². The number of benzene rings is 2. The number of phenols is 1. The largest absolute Gasteiger partial charge is 0.506 e. The third-order valence-electron chi connectivity index (χ3n) is 7.57. The number of aromatic hydroxyl groups is 1. The molecule has 0 radical (unpaired) electrons. The molecule has 0 aromatic heterocycles. The summed E-state index contributed by atoms with van der Waals surface area (Å²) in [6.45, 7) is 13.3. The molecule has 4 rings (SSSR count). The van der Waals surface area contributed by atoms with Crippen molar-refractivity contribution in [1.82, 2.24) is 9.80 Å². The van der Waals surface area contributed by atoms with Gasteiger partial charge in [-0.25, -0.2) is 4.99 Å². The first-order chi connectivity index (χ1) is 16.8. The van der Waals surface area contributed by atoms with Gasteiger partial charge in [0.1, 0.15) is 5.75 Å². The van der Waals surface area contributed by atoms with Crippen LogP contribution in [0.2, 0.25) is 0 Å². The lowest BCUT2D eigenvalue weighted by atomic mass is 9.87. The summed E-state index contributed by atoms with van der Waals surface area (Å²) < 4.78 is 0. The second-order valence-corrected chi connectivity index (χ2v) is 11.4. The number of phenolic OH excluding ortho intramolecular Hbond substituents is 1. The third kappa shape index (κ3) is 7.00. The van der Waals surface area contributed by atoms with Crippen LogP contribution in [-0.4, -0.2) is 59.1 Å². The highest BCUT2D eigenvalue weighted by Crippen LogP contribution is 2.31. The van der Waals surface area contributed by atoms with E-state index in [1.54, 1.807) is 6.07 Å². The third-order valence-corrected chi connectivity index (χ3v) is 7.57. The molecule has 5 nitrogen and oxygen atoms in total. The summed E-state index contributed by atoms with van der Waals surface area (Å²) in [4.78, 5) is 10.3. The van der Waals surface area contributed by atoms with Crippen LogP contribution in [0, 0.1) is 0 Å². The molecule has 1 atom stereocenters. The number of anilines is 1. The predicted molar refractivity (Wildman–Crippen MR) is 147 cm³/mol. The number of aliphatic imine (C=N–C) groups is 1. The van der Waals surface area contributed by atoms with Gasteiger partial charge in [0.2, 0.25) is 0 Å². The van der Waals surface area contributed by atoms with Crippen molar-refractivity contribution in [1.29, 1.82) is 0 Å². The maximum Gasteiger partial charge on any atom is 0.198 e. The maximum atomic E-state index is 10.7. The molecule has 2 aromatic carbocycles. The van der Waals surface area contributed by atoms with E-state index in [2.05, 4.69) is 79.2 Å². The zero-order valence-electron chi connectivity index (χ0n) is 22.1. The van der Waals surface area contributed by atoms with Crippen LogP contribution in [0.25, 0.3) is 0 Å². The Balaban J connectivity index is 1.50. The van der Waals surface area contributed by atoms with Crippen LogP contribution in [0.15, 0.2) is 53.5 Å². The summed E-state index contributed by atoms with van der Waals surface area (Å²) in [5.74, 6) is 1.17. The highest BCUT2D eigenvalue weighted by Gasteiger charge is 2.28. The molecule has 35 heavy (non-hydrogen) atoms. The zero-order valence-corrected chi connectivity index (χ0v) is 22.1. The van der Waals surface area contributed by atoms with Crippen LogP contribution in [-0.2, 0) is 11.8 Å². The Labute approximate surface area is 212 Å². The Bertz CT molecular complexity index is 968. The molecule has 0 aliphatic carbocycles. The van der Waals surface area contributed by atoms with Crippen molar-refractivity contribution in [3.63, 3.8) is 0 Å². The number of aryl methyl sites for hydroxylation is 1. The second-order valence-electron chi connectivity index (χ2n) is 11.4. The van der Waals surface area contributed by atoms with E-state index in [1.807, 2.05) is 6.07 Å². The number of guanidine groups is 1. The molecule has 0 saturated carbocycles. The van der Waals surface area contributed by atoms with Gasteiger partial charge in [-0.15, -0.1) is 0 Å². The zero-order chi connectivity index (χ0) is 24.8.